The number of oxime groups is 1. The Balaban J connectivity index is 2.06. The molecule has 0 atom stereocenters. The number of nitrogens with zero attached hydrogens (tertiary/aromatic N) is 1. The molecule has 0 unspecified atom stereocenters. The molecule has 86 valence electrons. The summed E-state index contributed by atoms with van der Waals surface area (Å²) in [4.78, 5) is 0. The molecular weight excluding hydrogens is 202 g/mol. The first-order valence-corrected chi connectivity index (χ1v) is 5.62. The van der Waals surface area contributed by atoms with Crippen LogP contribution in [0.5, 0.6) is 0 Å². The van der Waals surface area contributed by atoms with Crippen molar-refractivity contribution in [1.29, 1.82) is 0 Å². The van der Waals surface area contributed by atoms with E-state index in [2.05, 4.69) is 5.16 Å². The summed E-state index contributed by atoms with van der Waals surface area (Å²) in [5, 5.41) is 12.4. The molecule has 1 saturated carbocycles. The zero-order valence-electron chi connectivity index (χ0n) is 9.52. The Bertz CT molecular complexity index is 366. The third-order valence-corrected chi connectivity index (χ3v) is 2.90. The van der Waals surface area contributed by atoms with E-state index >= 15 is 0 Å². The van der Waals surface area contributed by atoms with Crippen molar-refractivity contribution in [3.8, 4) is 0 Å². The van der Waals surface area contributed by atoms with Gasteiger partial charge in [0.25, 0.3) is 0 Å². The molecule has 0 saturated heterocycles. The predicted octanol–water partition coefficient (Wildman–Crippen LogP) is 2.81. The SMILES string of the molecule is COCc1ccc(/C(CC2CC2)=N/O)cc1. The van der Waals surface area contributed by atoms with Crippen LogP contribution in [0.3, 0.4) is 0 Å². The first kappa shape index (κ1) is 11.1. The lowest BCUT2D eigenvalue weighted by atomic mass is 10.0. The van der Waals surface area contributed by atoms with Gasteiger partial charge in [0.1, 0.15) is 0 Å². The van der Waals surface area contributed by atoms with E-state index in [1.807, 2.05) is 24.3 Å². The summed E-state index contributed by atoms with van der Waals surface area (Å²) in [6.07, 6.45) is 3.42. The number of benzene rings is 1. The van der Waals surface area contributed by atoms with Crippen LogP contribution < -0.4 is 0 Å². The molecule has 1 fully saturated rings. The molecule has 3 nitrogen and oxygen atoms in total. The largest absolute Gasteiger partial charge is 0.411 e. The van der Waals surface area contributed by atoms with Gasteiger partial charge in [-0.1, -0.05) is 29.4 Å². The van der Waals surface area contributed by atoms with Crippen LogP contribution in [-0.4, -0.2) is 18.0 Å². The summed E-state index contributed by atoms with van der Waals surface area (Å²) in [5.41, 5.74) is 2.94. The van der Waals surface area contributed by atoms with Crippen LogP contribution in [0.25, 0.3) is 0 Å². The monoisotopic (exact) mass is 219 g/mol. The Morgan fingerprint density at radius 1 is 1.38 bits per heavy atom. The highest BCUT2D eigenvalue weighted by atomic mass is 16.5. The van der Waals surface area contributed by atoms with Gasteiger partial charge in [-0.3, -0.25) is 0 Å². The summed E-state index contributed by atoms with van der Waals surface area (Å²) in [6, 6.07) is 8.01. The minimum Gasteiger partial charge on any atom is -0.411 e. The maximum Gasteiger partial charge on any atom is 0.0870 e. The van der Waals surface area contributed by atoms with Crippen LogP contribution in [0.4, 0.5) is 0 Å². The molecule has 3 heteroatoms. The van der Waals surface area contributed by atoms with Crippen molar-refractivity contribution in [1.82, 2.24) is 0 Å². The Morgan fingerprint density at radius 2 is 2.06 bits per heavy atom. The quantitative estimate of drug-likeness (QED) is 0.470. The van der Waals surface area contributed by atoms with Crippen LogP contribution in [0, 0.1) is 5.92 Å². The second-order valence-electron chi connectivity index (χ2n) is 4.32. The lowest BCUT2D eigenvalue weighted by Gasteiger charge is -2.05. The number of methoxy groups -OCH3 is 1. The molecule has 1 aliphatic rings. The Labute approximate surface area is 95.7 Å². The fourth-order valence-electron chi connectivity index (χ4n) is 1.77. The summed E-state index contributed by atoms with van der Waals surface area (Å²) < 4.78 is 5.05. The van der Waals surface area contributed by atoms with Crippen molar-refractivity contribution in [2.24, 2.45) is 11.1 Å². The zero-order valence-corrected chi connectivity index (χ0v) is 9.52. The van der Waals surface area contributed by atoms with E-state index in [0.717, 1.165) is 29.2 Å². The Morgan fingerprint density at radius 3 is 2.56 bits per heavy atom. The lowest BCUT2D eigenvalue weighted by Crippen LogP contribution is -2.02. The van der Waals surface area contributed by atoms with Gasteiger partial charge in [0.2, 0.25) is 0 Å². The second-order valence-corrected chi connectivity index (χ2v) is 4.32. The van der Waals surface area contributed by atoms with Gasteiger partial charge in [-0.25, -0.2) is 0 Å². The maximum atomic E-state index is 8.99. The highest BCUT2D eigenvalue weighted by Crippen LogP contribution is 2.33. The number of hydrogen-bond donors (Lipinski definition) is 1. The van der Waals surface area contributed by atoms with Crippen molar-refractivity contribution in [2.45, 2.75) is 25.9 Å². The highest BCUT2D eigenvalue weighted by molar-refractivity contribution is 6.00. The van der Waals surface area contributed by atoms with Crippen molar-refractivity contribution in [3.05, 3.63) is 35.4 Å². The lowest BCUT2D eigenvalue weighted by molar-refractivity contribution is 0.185. The fourth-order valence-corrected chi connectivity index (χ4v) is 1.77. The highest BCUT2D eigenvalue weighted by Gasteiger charge is 2.24. The standard InChI is InChI=1S/C13H17NO2/c1-16-9-11-4-6-12(7-5-11)13(14-15)8-10-2-3-10/h4-7,10,15H,2-3,8-9H2,1H3/b14-13+. The Hall–Kier alpha value is -1.35. The topological polar surface area (TPSA) is 41.8 Å². The normalized spacial score (nSPS) is 16.4. The number of ether oxygens (including phenoxy) is 1. The van der Waals surface area contributed by atoms with Gasteiger partial charge >= 0.3 is 0 Å². The van der Waals surface area contributed by atoms with Gasteiger partial charge in [-0.05, 0) is 36.3 Å². The van der Waals surface area contributed by atoms with Gasteiger partial charge in [-0.15, -0.1) is 0 Å². The van der Waals surface area contributed by atoms with Crippen molar-refractivity contribution in [2.75, 3.05) is 7.11 Å². The molecule has 0 radical (unpaired) electrons. The molecule has 1 N–H and O–H groups in total. The van der Waals surface area contributed by atoms with E-state index in [-0.39, 0.29) is 0 Å². The number of hydrogen-bond acceptors (Lipinski definition) is 3. The zero-order chi connectivity index (χ0) is 11.4. The van der Waals surface area contributed by atoms with Gasteiger partial charge < -0.3 is 9.94 Å². The van der Waals surface area contributed by atoms with Crippen LogP contribution in [0.1, 0.15) is 30.4 Å². The molecule has 1 aromatic rings. The smallest absolute Gasteiger partial charge is 0.0870 e. The van der Waals surface area contributed by atoms with Crippen LogP contribution in [0.2, 0.25) is 0 Å². The fraction of sp³-hybridized carbons (Fsp3) is 0.462. The Kier molecular flexibility index (Phi) is 3.57. The molecule has 0 aliphatic heterocycles. The van der Waals surface area contributed by atoms with E-state index in [4.69, 9.17) is 9.94 Å². The summed E-state index contributed by atoms with van der Waals surface area (Å²) >= 11 is 0. The van der Waals surface area contributed by atoms with Gasteiger partial charge in [-0.2, -0.15) is 0 Å². The molecule has 0 bridgehead atoms. The van der Waals surface area contributed by atoms with E-state index in [1.165, 1.54) is 12.8 Å². The van der Waals surface area contributed by atoms with Crippen molar-refractivity contribution < 1.29 is 9.94 Å². The van der Waals surface area contributed by atoms with Gasteiger partial charge in [0.15, 0.2) is 0 Å². The average molecular weight is 219 g/mol. The molecule has 0 amide bonds. The van der Waals surface area contributed by atoms with Crippen LogP contribution >= 0.6 is 0 Å². The molecule has 16 heavy (non-hydrogen) atoms. The van der Waals surface area contributed by atoms with Crippen LogP contribution in [-0.2, 0) is 11.3 Å². The molecule has 1 aliphatic carbocycles. The third kappa shape index (κ3) is 2.83. The average Bonchev–Trinajstić information content (AvgIpc) is 3.11. The van der Waals surface area contributed by atoms with E-state index in [9.17, 15) is 0 Å². The first-order chi connectivity index (χ1) is 7.83. The summed E-state index contributed by atoms with van der Waals surface area (Å²) in [5.74, 6) is 0.726. The minimum atomic E-state index is 0.620. The predicted molar refractivity (Wildman–Crippen MR) is 62.8 cm³/mol. The first-order valence-electron chi connectivity index (χ1n) is 5.62. The maximum absolute atomic E-state index is 8.99. The summed E-state index contributed by atoms with van der Waals surface area (Å²) in [6.45, 7) is 0.620. The molecule has 0 heterocycles. The number of rotatable bonds is 5. The van der Waals surface area contributed by atoms with Gasteiger partial charge in [0, 0.05) is 7.11 Å². The van der Waals surface area contributed by atoms with Crippen molar-refractivity contribution >= 4 is 5.71 Å². The van der Waals surface area contributed by atoms with E-state index < -0.39 is 0 Å². The van der Waals surface area contributed by atoms with Crippen molar-refractivity contribution in [3.63, 3.8) is 0 Å². The second kappa shape index (κ2) is 5.12. The van der Waals surface area contributed by atoms with Gasteiger partial charge in [0.05, 0.1) is 12.3 Å². The molecular formula is C13H17NO2. The van der Waals surface area contributed by atoms with E-state index in [0.29, 0.717) is 6.61 Å². The molecule has 0 aromatic heterocycles. The summed E-state index contributed by atoms with van der Waals surface area (Å²) in [7, 11) is 1.68. The third-order valence-electron chi connectivity index (χ3n) is 2.90. The van der Waals surface area contributed by atoms with Crippen LogP contribution in [0.15, 0.2) is 29.4 Å². The minimum absolute atomic E-state index is 0.620. The molecule has 0 spiro atoms. The molecule has 1 aromatic carbocycles. The molecule has 2 rings (SSSR count). The van der Waals surface area contributed by atoms with E-state index in [1.54, 1.807) is 7.11 Å².